The molecular formula is C15H14F3NO. The van der Waals surface area contributed by atoms with Gasteiger partial charge in [-0.05, 0) is 31.4 Å². The number of amides is 1. The molecule has 1 aromatic carbocycles. The van der Waals surface area contributed by atoms with Crippen LogP contribution in [0.15, 0.2) is 36.4 Å². The molecule has 2 heterocycles. The van der Waals surface area contributed by atoms with Crippen LogP contribution in [0.1, 0.15) is 35.2 Å². The summed E-state index contributed by atoms with van der Waals surface area (Å²) in [5.41, 5.74) is -1.09. The van der Waals surface area contributed by atoms with Crippen molar-refractivity contribution < 1.29 is 18.0 Å². The first-order chi connectivity index (χ1) is 9.48. The monoisotopic (exact) mass is 281 g/mol. The molecule has 0 N–H and O–H groups in total. The second kappa shape index (κ2) is 4.65. The van der Waals surface area contributed by atoms with Crippen molar-refractivity contribution in [1.29, 1.82) is 0 Å². The lowest BCUT2D eigenvalue weighted by Gasteiger charge is -2.32. The number of carbonyl (C=O) groups excluding carboxylic acids is 1. The second-order valence-corrected chi connectivity index (χ2v) is 5.22. The number of hydrogen-bond donors (Lipinski definition) is 0. The molecule has 0 aliphatic carbocycles. The van der Waals surface area contributed by atoms with E-state index < -0.39 is 17.6 Å². The molecule has 1 fully saturated rings. The van der Waals surface area contributed by atoms with E-state index in [0.29, 0.717) is 0 Å². The Morgan fingerprint density at radius 3 is 2.65 bits per heavy atom. The van der Waals surface area contributed by atoms with Gasteiger partial charge < -0.3 is 4.90 Å². The Balaban J connectivity index is 1.98. The van der Waals surface area contributed by atoms with E-state index in [1.165, 1.54) is 18.2 Å². The third-order valence-electron chi connectivity index (χ3n) is 4.01. The van der Waals surface area contributed by atoms with Gasteiger partial charge in [0.1, 0.15) is 0 Å². The maximum Gasteiger partial charge on any atom is 0.417 e. The fraction of sp³-hybridized carbons (Fsp3) is 0.400. The zero-order valence-electron chi connectivity index (χ0n) is 10.7. The maximum atomic E-state index is 13.0. The van der Waals surface area contributed by atoms with E-state index in [-0.39, 0.29) is 17.6 Å². The summed E-state index contributed by atoms with van der Waals surface area (Å²) in [6.07, 6.45) is 1.87. The molecular weight excluding hydrogens is 267 g/mol. The van der Waals surface area contributed by atoms with Gasteiger partial charge in [0, 0.05) is 6.04 Å². The van der Waals surface area contributed by atoms with Gasteiger partial charge in [-0.2, -0.15) is 13.2 Å². The highest BCUT2D eigenvalue weighted by Gasteiger charge is 2.41. The molecule has 2 nitrogen and oxygen atoms in total. The number of hydrogen-bond acceptors (Lipinski definition) is 1. The molecule has 2 aliphatic rings. The Kier molecular flexibility index (Phi) is 3.07. The Hall–Kier alpha value is -1.78. The topological polar surface area (TPSA) is 20.3 Å². The summed E-state index contributed by atoms with van der Waals surface area (Å²) in [7, 11) is 0. The van der Waals surface area contributed by atoms with E-state index in [9.17, 15) is 18.0 Å². The number of halogens is 3. The van der Waals surface area contributed by atoms with Crippen LogP contribution < -0.4 is 0 Å². The quantitative estimate of drug-likeness (QED) is 0.720. The molecule has 5 heteroatoms. The van der Waals surface area contributed by atoms with Crippen LogP contribution in [0.25, 0.3) is 0 Å². The minimum absolute atomic E-state index is 0.0405. The van der Waals surface area contributed by atoms with Crippen molar-refractivity contribution in [1.82, 2.24) is 4.90 Å². The highest BCUT2D eigenvalue weighted by Crippen LogP contribution is 2.36. The highest BCUT2D eigenvalue weighted by atomic mass is 19.4. The van der Waals surface area contributed by atoms with Crippen molar-refractivity contribution >= 4 is 5.91 Å². The second-order valence-electron chi connectivity index (χ2n) is 5.22. The van der Waals surface area contributed by atoms with Crippen LogP contribution in [0.4, 0.5) is 13.2 Å². The van der Waals surface area contributed by atoms with Gasteiger partial charge in [-0.3, -0.25) is 4.79 Å². The summed E-state index contributed by atoms with van der Waals surface area (Å²) in [5, 5.41) is 0. The van der Waals surface area contributed by atoms with Crippen molar-refractivity contribution in [2.75, 3.05) is 0 Å². The number of fused-ring (bicyclic) bond motifs is 2. The summed E-state index contributed by atoms with van der Waals surface area (Å²) < 4.78 is 39.0. The molecule has 0 aromatic heterocycles. The van der Waals surface area contributed by atoms with Crippen molar-refractivity contribution in [2.45, 2.75) is 37.5 Å². The SMILES string of the molecule is O=C(c1ccccc1C(F)(F)F)N1C2C=CCC1CC2. The van der Waals surface area contributed by atoms with Gasteiger partial charge in [-0.25, -0.2) is 0 Å². The molecule has 3 rings (SSSR count). The van der Waals surface area contributed by atoms with E-state index in [0.717, 1.165) is 25.3 Å². The van der Waals surface area contributed by atoms with Gasteiger partial charge in [-0.1, -0.05) is 24.3 Å². The number of alkyl halides is 3. The molecule has 106 valence electrons. The predicted molar refractivity (Wildman–Crippen MR) is 68.2 cm³/mol. The molecule has 1 amide bonds. The van der Waals surface area contributed by atoms with E-state index in [1.807, 2.05) is 12.2 Å². The van der Waals surface area contributed by atoms with Crippen LogP contribution in [-0.2, 0) is 6.18 Å². The summed E-state index contributed by atoms with van der Waals surface area (Å²) in [6, 6.07) is 5.01. The van der Waals surface area contributed by atoms with Gasteiger partial charge in [0.25, 0.3) is 5.91 Å². The summed E-state index contributed by atoms with van der Waals surface area (Å²) in [6.45, 7) is 0. The molecule has 1 aromatic rings. The molecule has 0 saturated carbocycles. The summed E-state index contributed by atoms with van der Waals surface area (Å²) >= 11 is 0. The van der Waals surface area contributed by atoms with E-state index in [4.69, 9.17) is 0 Å². The van der Waals surface area contributed by atoms with Crippen LogP contribution in [0.5, 0.6) is 0 Å². The fourth-order valence-electron chi connectivity index (χ4n) is 3.10. The Bertz CT molecular complexity index is 564. The third-order valence-corrected chi connectivity index (χ3v) is 4.01. The van der Waals surface area contributed by atoms with Crippen molar-refractivity contribution in [3.05, 3.63) is 47.5 Å². The minimum atomic E-state index is -4.50. The van der Waals surface area contributed by atoms with E-state index in [1.54, 1.807) is 4.90 Å². The number of benzene rings is 1. The van der Waals surface area contributed by atoms with Crippen molar-refractivity contribution in [3.63, 3.8) is 0 Å². The standard InChI is InChI=1S/C15H14F3NO/c16-15(17,18)13-7-2-1-6-12(13)14(20)19-10-4-3-5-11(19)9-8-10/h1-4,6-7,10-11H,5,8-9H2. The average Bonchev–Trinajstić information content (AvgIpc) is 2.66. The first-order valence-corrected chi connectivity index (χ1v) is 6.64. The fourth-order valence-corrected chi connectivity index (χ4v) is 3.10. The number of nitrogens with zero attached hydrogens (tertiary/aromatic N) is 1. The molecule has 2 unspecified atom stereocenters. The molecule has 2 aliphatic heterocycles. The van der Waals surface area contributed by atoms with Gasteiger partial charge in [0.05, 0.1) is 17.2 Å². The number of rotatable bonds is 1. The van der Waals surface area contributed by atoms with Crippen molar-refractivity contribution in [2.24, 2.45) is 0 Å². The Morgan fingerprint density at radius 1 is 1.20 bits per heavy atom. The first-order valence-electron chi connectivity index (χ1n) is 6.64. The molecule has 0 spiro atoms. The smallest absolute Gasteiger partial charge is 0.329 e. The molecule has 0 radical (unpaired) electrons. The van der Waals surface area contributed by atoms with Crippen LogP contribution in [-0.4, -0.2) is 22.9 Å². The normalized spacial score (nSPS) is 25.1. The highest BCUT2D eigenvalue weighted by molar-refractivity contribution is 5.96. The molecule has 20 heavy (non-hydrogen) atoms. The molecule has 2 bridgehead atoms. The molecule has 2 atom stereocenters. The van der Waals surface area contributed by atoms with Crippen LogP contribution in [0, 0.1) is 0 Å². The van der Waals surface area contributed by atoms with Crippen LogP contribution in [0.2, 0.25) is 0 Å². The van der Waals surface area contributed by atoms with Gasteiger partial charge >= 0.3 is 6.18 Å². The Labute approximate surface area is 114 Å². The number of carbonyl (C=O) groups is 1. The minimum Gasteiger partial charge on any atom is -0.329 e. The lowest BCUT2D eigenvalue weighted by atomic mass is 10.0. The zero-order valence-corrected chi connectivity index (χ0v) is 10.7. The van der Waals surface area contributed by atoms with Crippen LogP contribution in [0.3, 0.4) is 0 Å². The van der Waals surface area contributed by atoms with E-state index in [2.05, 4.69) is 0 Å². The first kappa shape index (κ1) is 13.2. The summed E-state index contributed by atoms with van der Waals surface area (Å²) in [5.74, 6) is -0.505. The maximum absolute atomic E-state index is 13.0. The molecule has 1 saturated heterocycles. The lowest BCUT2D eigenvalue weighted by Crippen LogP contribution is -2.42. The van der Waals surface area contributed by atoms with Gasteiger partial charge in [0.2, 0.25) is 0 Å². The van der Waals surface area contributed by atoms with Gasteiger partial charge in [0.15, 0.2) is 0 Å². The third kappa shape index (κ3) is 2.11. The Morgan fingerprint density at radius 2 is 1.95 bits per heavy atom. The van der Waals surface area contributed by atoms with Crippen LogP contribution >= 0.6 is 0 Å². The predicted octanol–water partition coefficient (Wildman–Crippen LogP) is 3.64. The summed E-state index contributed by atoms with van der Waals surface area (Å²) in [4.78, 5) is 14.1. The lowest BCUT2D eigenvalue weighted by molar-refractivity contribution is -0.138. The van der Waals surface area contributed by atoms with Crippen molar-refractivity contribution in [3.8, 4) is 0 Å². The average molecular weight is 281 g/mol. The largest absolute Gasteiger partial charge is 0.417 e. The zero-order chi connectivity index (χ0) is 14.3. The van der Waals surface area contributed by atoms with Gasteiger partial charge in [-0.15, -0.1) is 0 Å². The van der Waals surface area contributed by atoms with E-state index >= 15 is 0 Å².